The van der Waals surface area contributed by atoms with E-state index in [0.29, 0.717) is 6.54 Å². The molecule has 1 unspecified atom stereocenters. The normalized spacial score (nSPS) is 24.3. The molecular weight excluding hydrogens is 238 g/mol. The zero-order valence-electron chi connectivity index (χ0n) is 11.2. The zero-order chi connectivity index (χ0) is 13.2. The molecular formula is C16H21NO2. The number of benzene rings is 1. The Labute approximate surface area is 114 Å². The second-order valence-electron chi connectivity index (χ2n) is 5.93. The Kier molecular flexibility index (Phi) is 3.56. The van der Waals surface area contributed by atoms with Crippen LogP contribution in [0.15, 0.2) is 24.3 Å². The number of nitrogens with zero attached hydrogens (tertiary/aromatic N) is 1. The van der Waals surface area contributed by atoms with Crippen LogP contribution in [0.3, 0.4) is 0 Å². The van der Waals surface area contributed by atoms with Crippen molar-refractivity contribution in [2.45, 2.75) is 38.1 Å². The van der Waals surface area contributed by atoms with Crippen molar-refractivity contribution in [1.29, 1.82) is 0 Å². The molecule has 3 nitrogen and oxygen atoms in total. The molecule has 0 spiro atoms. The average Bonchev–Trinajstić information content (AvgIpc) is 2.78. The van der Waals surface area contributed by atoms with Gasteiger partial charge in [-0.05, 0) is 42.9 Å². The fourth-order valence-corrected chi connectivity index (χ4v) is 3.07. The molecule has 102 valence electrons. The van der Waals surface area contributed by atoms with Gasteiger partial charge >= 0.3 is 5.97 Å². The Balaban J connectivity index is 1.56. The second kappa shape index (κ2) is 5.33. The van der Waals surface area contributed by atoms with Gasteiger partial charge in [0.25, 0.3) is 0 Å². The maximum absolute atomic E-state index is 10.9. The van der Waals surface area contributed by atoms with Crippen LogP contribution in [-0.2, 0) is 11.3 Å². The van der Waals surface area contributed by atoms with Crippen LogP contribution in [0.25, 0.3) is 0 Å². The van der Waals surface area contributed by atoms with Crippen molar-refractivity contribution in [1.82, 2.24) is 4.90 Å². The molecule has 1 aromatic rings. The molecule has 3 heteroatoms. The summed E-state index contributed by atoms with van der Waals surface area (Å²) in [6.07, 6.45) is 4.84. The van der Waals surface area contributed by atoms with Crippen molar-refractivity contribution >= 4 is 5.97 Å². The number of carbonyl (C=O) groups is 1. The first-order valence-electron chi connectivity index (χ1n) is 7.26. The minimum absolute atomic E-state index is 0.172. The minimum Gasteiger partial charge on any atom is -0.481 e. The van der Waals surface area contributed by atoms with Crippen molar-refractivity contribution in [2.75, 3.05) is 13.1 Å². The maximum atomic E-state index is 10.9. The summed E-state index contributed by atoms with van der Waals surface area (Å²) < 4.78 is 0. The van der Waals surface area contributed by atoms with Crippen LogP contribution < -0.4 is 0 Å². The van der Waals surface area contributed by atoms with E-state index in [1.807, 2.05) is 0 Å². The van der Waals surface area contributed by atoms with Crippen LogP contribution in [-0.4, -0.2) is 29.1 Å². The quantitative estimate of drug-likeness (QED) is 0.904. The first-order valence-corrected chi connectivity index (χ1v) is 7.26. The molecule has 1 saturated carbocycles. The van der Waals surface area contributed by atoms with Gasteiger partial charge in [-0.25, -0.2) is 0 Å². The monoisotopic (exact) mass is 259 g/mol. The molecule has 0 amide bonds. The molecule has 1 aromatic carbocycles. The first-order chi connectivity index (χ1) is 9.22. The fraction of sp³-hybridized carbons (Fsp3) is 0.562. The molecule has 2 fully saturated rings. The molecule has 19 heavy (non-hydrogen) atoms. The van der Waals surface area contributed by atoms with Crippen LogP contribution >= 0.6 is 0 Å². The van der Waals surface area contributed by atoms with Crippen LogP contribution in [0, 0.1) is 5.92 Å². The average molecular weight is 259 g/mol. The molecule has 1 aliphatic carbocycles. The molecule has 1 atom stereocenters. The van der Waals surface area contributed by atoms with E-state index in [0.717, 1.165) is 25.4 Å². The summed E-state index contributed by atoms with van der Waals surface area (Å²) >= 11 is 0. The smallest absolute Gasteiger partial charge is 0.307 e. The van der Waals surface area contributed by atoms with E-state index in [2.05, 4.69) is 29.2 Å². The van der Waals surface area contributed by atoms with Gasteiger partial charge in [0, 0.05) is 13.1 Å². The van der Waals surface area contributed by atoms with E-state index < -0.39 is 5.97 Å². The molecule has 2 aliphatic rings. The Bertz CT molecular complexity index is 450. The third-order valence-electron chi connectivity index (χ3n) is 4.58. The largest absolute Gasteiger partial charge is 0.481 e. The van der Waals surface area contributed by atoms with Gasteiger partial charge in [-0.3, -0.25) is 9.69 Å². The highest BCUT2D eigenvalue weighted by Crippen LogP contribution is 2.36. The number of aliphatic carboxylic acids is 1. The van der Waals surface area contributed by atoms with Crippen LogP contribution in [0.5, 0.6) is 0 Å². The predicted octanol–water partition coefficient (Wildman–Crippen LogP) is 2.86. The van der Waals surface area contributed by atoms with Crippen LogP contribution in [0.1, 0.15) is 42.7 Å². The van der Waals surface area contributed by atoms with Gasteiger partial charge in [-0.2, -0.15) is 0 Å². The van der Waals surface area contributed by atoms with Gasteiger partial charge in [-0.1, -0.05) is 30.7 Å². The first kappa shape index (κ1) is 12.7. The molecule has 1 aliphatic heterocycles. The van der Waals surface area contributed by atoms with Crippen LogP contribution in [0.2, 0.25) is 0 Å². The highest BCUT2D eigenvalue weighted by Gasteiger charge is 2.27. The SMILES string of the molecule is O=C(O)C1CCN(Cc2ccc(C3CCC3)cc2)C1. The molecule has 1 N–H and O–H groups in total. The van der Waals surface area contributed by atoms with Gasteiger partial charge in [-0.15, -0.1) is 0 Å². The van der Waals surface area contributed by atoms with Crippen molar-refractivity contribution < 1.29 is 9.90 Å². The lowest BCUT2D eigenvalue weighted by Gasteiger charge is -2.26. The van der Waals surface area contributed by atoms with E-state index in [4.69, 9.17) is 5.11 Å². The number of hydrogen-bond donors (Lipinski definition) is 1. The molecule has 0 radical (unpaired) electrons. The van der Waals surface area contributed by atoms with Crippen LogP contribution in [0.4, 0.5) is 0 Å². The fourth-order valence-electron chi connectivity index (χ4n) is 3.07. The summed E-state index contributed by atoms with van der Waals surface area (Å²) in [5.41, 5.74) is 2.77. The number of carboxylic acid groups (broad SMARTS) is 1. The lowest BCUT2D eigenvalue weighted by Crippen LogP contribution is -2.22. The summed E-state index contributed by atoms with van der Waals surface area (Å²) in [4.78, 5) is 13.2. The van der Waals surface area contributed by atoms with Crippen molar-refractivity contribution in [2.24, 2.45) is 5.92 Å². The summed E-state index contributed by atoms with van der Waals surface area (Å²) in [7, 11) is 0. The van der Waals surface area contributed by atoms with E-state index in [-0.39, 0.29) is 5.92 Å². The van der Waals surface area contributed by atoms with E-state index in [9.17, 15) is 4.79 Å². The van der Waals surface area contributed by atoms with Gasteiger partial charge < -0.3 is 5.11 Å². The van der Waals surface area contributed by atoms with Crippen molar-refractivity contribution in [3.8, 4) is 0 Å². The van der Waals surface area contributed by atoms with Gasteiger partial charge in [0.2, 0.25) is 0 Å². The third-order valence-corrected chi connectivity index (χ3v) is 4.58. The summed E-state index contributed by atoms with van der Waals surface area (Å²) in [6, 6.07) is 8.93. The number of carboxylic acids is 1. The number of hydrogen-bond acceptors (Lipinski definition) is 2. The second-order valence-corrected chi connectivity index (χ2v) is 5.93. The minimum atomic E-state index is -0.650. The standard InChI is InChI=1S/C16H21NO2/c18-16(19)15-8-9-17(11-15)10-12-4-6-14(7-5-12)13-2-1-3-13/h4-7,13,15H,1-3,8-11H2,(H,18,19). The Morgan fingerprint density at radius 2 is 1.95 bits per heavy atom. The Morgan fingerprint density at radius 1 is 1.21 bits per heavy atom. The lowest BCUT2D eigenvalue weighted by atomic mass is 9.80. The molecule has 1 heterocycles. The van der Waals surface area contributed by atoms with Gasteiger partial charge in [0.1, 0.15) is 0 Å². The number of likely N-dealkylation sites (tertiary alicyclic amines) is 1. The summed E-state index contributed by atoms with van der Waals surface area (Å²) in [6.45, 7) is 2.48. The zero-order valence-corrected chi connectivity index (χ0v) is 11.2. The van der Waals surface area contributed by atoms with Crippen molar-refractivity contribution in [3.05, 3.63) is 35.4 Å². The van der Waals surface area contributed by atoms with E-state index in [1.54, 1.807) is 0 Å². The molecule has 0 aromatic heterocycles. The molecule has 3 rings (SSSR count). The van der Waals surface area contributed by atoms with Gasteiger partial charge in [0.05, 0.1) is 5.92 Å². The van der Waals surface area contributed by atoms with E-state index >= 15 is 0 Å². The predicted molar refractivity (Wildman–Crippen MR) is 74.1 cm³/mol. The number of rotatable bonds is 4. The van der Waals surface area contributed by atoms with E-state index in [1.165, 1.54) is 30.4 Å². The summed E-state index contributed by atoms with van der Waals surface area (Å²) in [5, 5.41) is 9.00. The third kappa shape index (κ3) is 2.81. The Morgan fingerprint density at radius 3 is 2.47 bits per heavy atom. The highest BCUT2D eigenvalue weighted by atomic mass is 16.4. The van der Waals surface area contributed by atoms with Crippen molar-refractivity contribution in [3.63, 3.8) is 0 Å². The molecule has 1 saturated heterocycles. The maximum Gasteiger partial charge on any atom is 0.307 e. The topological polar surface area (TPSA) is 40.5 Å². The lowest BCUT2D eigenvalue weighted by molar-refractivity contribution is -0.141. The van der Waals surface area contributed by atoms with Gasteiger partial charge in [0.15, 0.2) is 0 Å². The highest BCUT2D eigenvalue weighted by molar-refractivity contribution is 5.70. The Hall–Kier alpha value is -1.35. The molecule has 0 bridgehead atoms. The summed E-state index contributed by atoms with van der Waals surface area (Å²) in [5.74, 6) is -0.0330.